The van der Waals surface area contributed by atoms with Crippen molar-refractivity contribution in [3.05, 3.63) is 80.5 Å². The Kier molecular flexibility index (Phi) is 7.22. The molecule has 0 amide bonds. The Balaban J connectivity index is 1.39. The standard InChI is InChI=1S/C25H20O12/c26-12(10-34-16-3-1-5-18-22(16)14(28)8-20(36-18)24(30)31)7-13(27)11-35-17-4-2-6-19-23(17)15(29)9-21(37-19)25(32)33/h1-6,8-9,12-13,26-27H,7,10-11H2,(H,30,31)(H,32,33). The summed E-state index contributed by atoms with van der Waals surface area (Å²) in [5.74, 6) is -3.71. The van der Waals surface area contributed by atoms with Crippen molar-refractivity contribution in [2.45, 2.75) is 18.6 Å². The highest BCUT2D eigenvalue weighted by Gasteiger charge is 2.19. The molecule has 0 bridgehead atoms. The lowest BCUT2D eigenvalue weighted by Gasteiger charge is -2.18. The van der Waals surface area contributed by atoms with E-state index in [1.165, 1.54) is 36.4 Å². The maximum Gasteiger partial charge on any atom is 0.371 e. The molecule has 37 heavy (non-hydrogen) atoms. The molecule has 2 aromatic heterocycles. The Morgan fingerprint density at radius 3 is 1.51 bits per heavy atom. The number of fused-ring (bicyclic) bond motifs is 2. The molecule has 0 aliphatic rings. The maximum absolute atomic E-state index is 12.4. The molecule has 2 unspecified atom stereocenters. The second-order valence-electron chi connectivity index (χ2n) is 7.98. The molecule has 0 aliphatic carbocycles. The van der Waals surface area contributed by atoms with E-state index in [2.05, 4.69) is 0 Å². The van der Waals surface area contributed by atoms with Crippen molar-refractivity contribution in [3.8, 4) is 11.5 Å². The van der Waals surface area contributed by atoms with Gasteiger partial charge in [-0.2, -0.15) is 0 Å². The lowest BCUT2D eigenvalue weighted by Crippen LogP contribution is -2.28. The Bertz CT molecular complexity index is 1480. The van der Waals surface area contributed by atoms with Crippen LogP contribution in [0.15, 0.2) is 67.0 Å². The molecule has 0 spiro atoms. The molecule has 4 N–H and O–H groups in total. The van der Waals surface area contributed by atoms with Crippen LogP contribution in [0.5, 0.6) is 11.5 Å². The van der Waals surface area contributed by atoms with Crippen LogP contribution in [0, 0.1) is 0 Å². The molecule has 192 valence electrons. The predicted molar refractivity (Wildman–Crippen MR) is 127 cm³/mol. The third-order valence-corrected chi connectivity index (χ3v) is 5.26. The summed E-state index contributed by atoms with van der Waals surface area (Å²) in [6, 6.07) is 10.3. The van der Waals surface area contributed by atoms with E-state index < -0.39 is 46.5 Å². The first-order valence-electron chi connectivity index (χ1n) is 10.9. The van der Waals surface area contributed by atoms with Crippen molar-refractivity contribution in [1.82, 2.24) is 0 Å². The number of aromatic carboxylic acids is 2. The van der Waals surface area contributed by atoms with E-state index in [4.69, 9.17) is 28.5 Å². The molecule has 4 aromatic rings. The quantitative estimate of drug-likeness (QED) is 0.241. The van der Waals surface area contributed by atoms with E-state index in [9.17, 15) is 29.4 Å². The normalized spacial score (nSPS) is 12.8. The molecular formula is C25H20O12. The first-order valence-corrected chi connectivity index (χ1v) is 10.9. The number of hydrogen-bond acceptors (Lipinski definition) is 10. The van der Waals surface area contributed by atoms with E-state index in [1.54, 1.807) is 0 Å². The van der Waals surface area contributed by atoms with Crippen LogP contribution in [0.2, 0.25) is 0 Å². The summed E-state index contributed by atoms with van der Waals surface area (Å²) in [6.45, 7) is -0.627. The van der Waals surface area contributed by atoms with Crippen LogP contribution in [-0.4, -0.2) is 57.8 Å². The zero-order chi connectivity index (χ0) is 26.7. The highest BCUT2D eigenvalue weighted by Crippen LogP contribution is 2.25. The van der Waals surface area contributed by atoms with Crippen molar-refractivity contribution in [2.75, 3.05) is 13.2 Å². The van der Waals surface area contributed by atoms with Gasteiger partial charge in [-0.05, 0) is 24.3 Å². The number of carbonyl (C=O) groups is 2. The molecule has 0 radical (unpaired) electrons. The summed E-state index contributed by atoms with van der Waals surface area (Å²) >= 11 is 0. The third-order valence-electron chi connectivity index (χ3n) is 5.26. The molecule has 0 fully saturated rings. The Labute approximate surface area is 206 Å². The summed E-state index contributed by atoms with van der Waals surface area (Å²) < 4.78 is 21.4. The van der Waals surface area contributed by atoms with Gasteiger partial charge in [0.15, 0.2) is 10.9 Å². The van der Waals surface area contributed by atoms with Gasteiger partial charge in [-0.3, -0.25) is 9.59 Å². The fourth-order valence-corrected chi connectivity index (χ4v) is 3.63. The fourth-order valence-electron chi connectivity index (χ4n) is 3.63. The number of aliphatic hydroxyl groups excluding tert-OH is 2. The first-order chi connectivity index (χ1) is 17.6. The van der Waals surface area contributed by atoms with E-state index in [0.29, 0.717) is 0 Å². The molecule has 2 heterocycles. The Morgan fingerprint density at radius 1 is 0.730 bits per heavy atom. The second kappa shape index (κ2) is 10.5. The maximum atomic E-state index is 12.4. The number of ether oxygens (including phenoxy) is 2. The molecule has 0 saturated heterocycles. The highest BCUT2D eigenvalue weighted by atomic mass is 16.5. The van der Waals surface area contributed by atoms with Gasteiger partial charge < -0.3 is 38.7 Å². The van der Waals surface area contributed by atoms with Gasteiger partial charge in [-0.1, -0.05) is 12.1 Å². The minimum atomic E-state index is -1.40. The number of carboxylic acids is 2. The molecule has 12 heteroatoms. The lowest BCUT2D eigenvalue weighted by molar-refractivity contribution is 0.0289. The molecule has 4 rings (SSSR count). The number of benzene rings is 2. The number of carboxylic acid groups (broad SMARTS) is 2. The van der Waals surface area contributed by atoms with E-state index in [-0.39, 0.29) is 53.1 Å². The molecule has 0 aliphatic heterocycles. The monoisotopic (exact) mass is 512 g/mol. The number of hydrogen-bond donors (Lipinski definition) is 4. The minimum Gasteiger partial charge on any atom is -0.490 e. The average Bonchev–Trinajstić information content (AvgIpc) is 2.85. The summed E-state index contributed by atoms with van der Waals surface area (Å²) in [7, 11) is 0. The number of aliphatic hydroxyl groups is 2. The van der Waals surface area contributed by atoms with Gasteiger partial charge in [-0.15, -0.1) is 0 Å². The van der Waals surface area contributed by atoms with E-state index in [0.717, 1.165) is 12.1 Å². The van der Waals surface area contributed by atoms with Crippen LogP contribution in [0.25, 0.3) is 21.9 Å². The van der Waals surface area contributed by atoms with Gasteiger partial charge in [0.1, 0.15) is 46.7 Å². The van der Waals surface area contributed by atoms with E-state index in [1.807, 2.05) is 0 Å². The summed E-state index contributed by atoms with van der Waals surface area (Å²) in [5, 5.41) is 38.7. The molecular weight excluding hydrogens is 492 g/mol. The fraction of sp³-hybridized carbons (Fsp3) is 0.200. The highest BCUT2D eigenvalue weighted by molar-refractivity contribution is 5.90. The topological polar surface area (TPSA) is 194 Å². The summed E-state index contributed by atoms with van der Waals surface area (Å²) in [6.07, 6.45) is -2.56. The predicted octanol–water partition coefficient (Wildman–Crippen LogP) is 1.87. The smallest absolute Gasteiger partial charge is 0.371 e. The van der Waals surface area contributed by atoms with Crippen molar-refractivity contribution < 1.29 is 48.3 Å². The van der Waals surface area contributed by atoms with Gasteiger partial charge in [0.05, 0.1) is 12.2 Å². The zero-order valence-electron chi connectivity index (χ0n) is 18.9. The largest absolute Gasteiger partial charge is 0.490 e. The Morgan fingerprint density at radius 2 is 1.14 bits per heavy atom. The van der Waals surface area contributed by atoms with Crippen molar-refractivity contribution >= 4 is 33.9 Å². The molecule has 2 atom stereocenters. The first kappa shape index (κ1) is 25.4. The minimum absolute atomic E-state index is 0.000338. The number of rotatable bonds is 10. The molecule has 0 saturated carbocycles. The third kappa shape index (κ3) is 5.60. The van der Waals surface area contributed by atoms with Gasteiger partial charge >= 0.3 is 11.9 Å². The summed E-state index contributed by atoms with van der Waals surface area (Å²) in [5.41, 5.74) is -1.26. The van der Waals surface area contributed by atoms with Gasteiger partial charge in [0.2, 0.25) is 11.5 Å². The molecule has 2 aromatic carbocycles. The van der Waals surface area contributed by atoms with Crippen LogP contribution >= 0.6 is 0 Å². The Hall–Kier alpha value is -4.68. The van der Waals surface area contributed by atoms with Gasteiger partial charge in [-0.25, -0.2) is 9.59 Å². The van der Waals surface area contributed by atoms with Crippen LogP contribution < -0.4 is 20.3 Å². The zero-order valence-corrected chi connectivity index (χ0v) is 18.9. The van der Waals surface area contributed by atoms with E-state index >= 15 is 0 Å². The SMILES string of the molecule is O=C(O)c1cc(=O)c2c(OCC(O)CC(O)COc3cccc4oc(C(=O)O)cc(=O)c34)cccc2o1. The van der Waals surface area contributed by atoms with Gasteiger partial charge in [0.25, 0.3) is 0 Å². The lowest BCUT2D eigenvalue weighted by atomic mass is 10.1. The van der Waals surface area contributed by atoms with Crippen molar-refractivity contribution in [2.24, 2.45) is 0 Å². The van der Waals surface area contributed by atoms with Gasteiger partial charge in [0, 0.05) is 18.6 Å². The van der Waals surface area contributed by atoms with Crippen LogP contribution in [0.4, 0.5) is 0 Å². The van der Waals surface area contributed by atoms with Crippen molar-refractivity contribution in [1.29, 1.82) is 0 Å². The van der Waals surface area contributed by atoms with Crippen LogP contribution in [-0.2, 0) is 0 Å². The van der Waals surface area contributed by atoms with Crippen molar-refractivity contribution in [3.63, 3.8) is 0 Å². The van der Waals surface area contributed by atoms with Crippen LogP contribution in [0.1, 0.15) is 27.5 Å². The van der Waals surface area contributed by atoms with Crippen LogP contribution in [0.3, 0.4) is 0 Å². The average molecular weight is 512 g/mol. The second-order valence-corrected chi connectivity index (χ2v) is 7.98. The summed E-state index contributed by atoms with van der Waals surface area (Å²) in [4.78, 5) is 46.9. The molecule has 12 nitrogen and oxygen atoms in total.